The molecule has 0 N–H and O–H groups in total. The molecule has 0 aromatic heterocycles. The quantitative estimate of drug-likeness (QED) is 0.418. The van der Waals surface area contributed by atoms with Gasteiger partial charge in [0.1, 0.15) is 11.9 Å². The van der Waals surface area contributed by atoms with E-state index in [2.05, 4.69) is 32.6 Å². The lowest BCUT2D eigenvalue weighted by molar-refractivity contribution is -0.126. The van der Waals surface area contributed by atoms with Gasteiger partial charge in [-0.05, 0) is 65.3 Å². The Morgan fingerprint density at radius 3 is 2.36 bits per heavy atom. The molecule has 4 heteroatoms. The van der Waals surface area contributed by atoms with Gasteiger partial charge in [0.15, 0.2) is 0 Å². The van der Waals surface area contributed by atoms with Crippen molar-refractivity contribution in [3.05, 3.63) is 29.8 Å². The lowest BCUT2D eigenvalue weighted by Gasteiger charge is -2.39. The van der Waals surface area contributed by atoms with Gasteiger partial charge in [0, 0.05) is 38.0 Å². The second-order valence-electron chi connectivity index (χ2n) is 8.53. The van der Waals surface area contributed by atoms with Crippen LogP contribution in [0.15, 0.2) is 24.3 Å². The first-order valence-electron chi connectivity index (χ1n) is 10.4. The van der Waals surface area contributed by atoms with Crippen molar-refractivity contribution in [3.8, 4) is 17.6 Å². The molecule has 1 aliphatic carbocycles. The standard InChI is InChI=1S/C24H36O4/c1-19(2)26-16-8-15-25-14-7-6-9-20-10-12-21(13-11-20)27-22-17-23(18-22)28-24(3,4)5/h10-13,19,22-23H,7-8,14-18H2,1-5H3. The largest absolute Gasteiger partial charge is 0.490 e. The van der Waals surface area contributed by atoms with Gasteiger partial charge < -0.3 is 18.9 Å². The highest BCUT2D eigenvalue weighted by molar-refractivity contribution is 5.38. The predicted molar refractivity (Wildman–Crippen MR) is 113 cm³/mol. The summed E-state index contributed by atoms with van der Waals surface area (Å²) in [5.41, 5.74) is 0.920. The molecular formula is C24H36O4. The van der Waals surface area contributed by atoms with Crippen molar-refractivity contribution in [3.63, 3.8) is 0 Å². The van der Waals surface area contributed by atoms with Gasteiger partial charge in [-0.15, -0.1) is 0 Å². The monoisotopic (exact) mass is 388 g/mol. The number of hydrogen-bond donors (Lipinski definition) is 0. The molecule has 0 radical (unpaired) electrons. The van der Waals surface area contributed by atoms with Crippen molar-refractivity contribution in [1.29, 1.82) is 0 Å². The summed E-state index contributed by atoms with van der Waals surface area (Å²) in [7, 11) is 0. The smallest absolute Gasteiger partial charge is 0.119 e. The van der Waals surface area contributed by atoms with E-state index in [0.29, 0.717) is 12.7 Å². The highest BCUT2D eigenvalue weighted by Gasteiger charge is 2.34. The van der Waals surface area contributed by atoms with Crippen LogP contribution in [0.1, 0.15) is 65.9 Å². The summed E-state index contributed by atoms with van der Waals surface area (Å²) in [4.78, 5) is 0. The van der Waals surface area contributed by atoms with E-state index < -0.39 is 0 Å². The van der Waals surface area contributed by atoms with E-state index >= 15 is 0 Å². The second-order valence-corrected chi connectivity index (χ2v) is 8.53. The lowest BCUT2D eigenvalue weighted by Crippen LogP contribution is -2.43. The third-order valence-electron chi connectivity index (χ3n) is 4.22. The van der Waals surface area contributed by atoms with Gasteiger partial charge in [0.05, 0.1) is 24.4 Å². The predicted octanol–water partition coefficient (Wildman–Crippen LogP) is 4.98. The van der Waals surface area contributed by atoms with Gasteiger partial charge in [0.25, 0.3) is 0 Å². The topological polar surface area (TPSA) is 36.9 Å². The molecule has 0 atom stereocenters. The third kappa shape index (κ3) is 9.59. The fraction of sp³-hybridized carbons (Fsp3) is 0.667. The fourth-order valence-electron chi connectivity index (χ4n) is 2.89. The Morgan fingerprint density at radius 1 is 1.00 bits per heavy atom. The minimum absolute atomic E-state index is 0.0802. The number of ether oxygens (including phenoxy) is 4. The Labute approximate surface area is 170 Å². The van der Waals surface area contributed by atoms with Crippen molar-refractivity contribution >= 4 is 0 Å². The summed E-state index contributed by atoms with van der Waals surface area (Å²) >= 11 is 0. The van der Waals surface area contributed by atoms with Crippen LogP contribution in [0.4, 0.5) is 0 Å². The SMILES string of the molecule is CC(C)OCCCOCCC#Cc1ccc(OC2CC(OC(C)(C)C)C2)cc1. The maximum atomic E-state index is 6.00. The average molecular weight is 389 g/mol. The minimum Gasteiger partial charge on any atom is -0.490 e. The highest BCUT2D eigenvalue weighted by Crippen LogP contribution is 2.31. The van der Waals surface area contributed by atoms with E-state index in [4.69, 9.17) is 18.9 Å². The number of hydrogen-bond acceptors (Lipinski definition) is 4. The fourth-order valence-corrected chi connectivity index (χ4v) is 2.89. The summed E-state index contributed by atoms with van der Waals surface area (Å²) in [6.07, 6.45) is 4.45. The molecule has 0 amide bonds. The van der Waals surface area contributed by atoms with E-state index in [1.54, 1.807) is 0 Å². The van der Waals surface area contributed by atoms with Gasteiger partial charge in [-0.25, -0.2) is 0 Å². The first-order chi connectivity index (χ1) is 13.3. The molecule has 0 heterocycles. The van der Waals surface area contributed by atoms with Gasteiger partial charge in [-0.2, -0.15) is 0 Å². The van der Waals surface area contributed by atoms with Crippen molar-refractivity contribution in [2.75, 3.05) is 19.8 Å². The van der Waals surface area contributed by atoms with Crippen LogP contribution in [-0.2, 0) is 14.2 Å². The molecule has 1 fully saturated rings. The summed E-state index contributed by atoms with van der Waals surface area (Å²) in [5, 5.41) is 0. The molecule has 1 aromatic carbocycles. The summed E-state index contributed by atoms with van der Waals surface area (Å²) in [5.74, 6) is 7.23. The van der Waals surface area contributed by atoms with Gasteiger partial charge in [0.2, 0.25) is 0 Å². The molecule has 0 aliphatic heterocycles. The molecular weight excluding hydrogens is 352 g/mol. The zero-order chi connectivity index (χ0) is 20.4. The molecule has 1 aliphatic rings. The zero-order valence-corrected chi connectivity index (χ0v) is 18.1. The number of benzene rings is 1. The average Bonchev–Trinajstić information content (AvgIpc) is 2.58. The molecule has 156 valence electrons. The molecule has 1 aromatic rings. The Bertz CT molecular complexity index is 613. The number of rotatable bonds is 10. The molecule has 4 nitrogen and oxygen atoms in total. The second kappa shape index (κ2) is 11.5. The molecule has 28 heavy (non-hydrogen) atoms. The van der Waals surface area contributed by atoms with E-state index in [9.17, 15) is 0 Å². The van der Waals surface area contributed by atoms with Crippen molar-refractivity contribution in [2.45, 2.75) is 84.2 Å². The van der Waals surface area contributed by atoms with Crippen molar-refractivity contribution in [1.82, 2.24) is 0 Å². The van der Waals surface area contributed by atoms with Gasteiger partial charge in [-0.3, -0.25) is 0 Å². The molecule has 0 spiro atoms. The van der Waals surface area contributed by atoms with E-state index in [1.807, 2.05) is 38.1 Å². The van der Waals surface area contributed by atoms with Gasteiger partial charge >= 0.3 is 0 Å². The Balaban J connectivity index is 1.58. The maximum Gasteiger partial charge on any atom is 0.119 e. The molecule has 0 saturated heterocycles. The lowest BCUT2D eigenvalue weighted by atomic mass is 9.91. The summed E-state index contributed by atoms with van der Waals surface area (Å²) in [6, 6.07) is 8.00. The summed E-state index contributed by atoms with van der Waals surface area (Å²) < 4.78 is 23.0. The Morgan fingerprint density at radius 2 is 1.71 bits per heavy atom. The van der Waals surface area contributed by atoms with E-state index in [-0.39, 0.29) is 17.8 Å². The van der Waals surface area contributed by atoms with Crippen molar-refractivity contribution in [2.24, 2.45) is 0 Å². The Hall–Kier alpha value is -1.54. The van der Waals surface area contributed by atoms with Crippen LogP contribution in [0.2, 0.25) is 0 Å². The van der Waals surface area contributed by atoms with E-state index in [1.165, 1.54) is 0 Å². The molecule has 0 bridgehead atoms. The van der Waals surface area contributed by atoms with E-state index in [0.717, 1.165) is 50.2 Å². The van der Waals surface area contributed by atoms with Crippen LogP contribution in [0.5, 0.6) is 5.75 Å². The zero-order valence-electron chi connectivity index (χ0n) is 18.1. The maximum absolute atomic E-state index is 6.00. The highest BCUT2D eigenvalue weighted by atomic mass is 16.5. The van der Waals surface area contributed by atoms with Gasteiger partial charge in [-0.1, -0.05) is 11.8 Å². The molecule has 2 rings (SSSR count). The Kier molecular flexibility index (Phi) is 9.31. The summed E-state index contributed by atoms with van der Waals surface area (Å²) in [6.45, 7) is 12.5. The normalized spacial score (nSPS) is 19.1. The first kappa shape index (κ1) is 22.7. The van der Waals surface area contributed by atoms with Crippen LogP contribution in [0.3, 0.4) is 0 Å². The molecule has 1 saturated carbocycles. The molecule has 0 unspecified atom stereocenters. The van der Waals surface area contributed by atoms with Crippen LogP contribution < -0.4 is 4.74 Å². The first-order valence-corrected chi connectivity index (χ1v) is 10.4. The van der Waals surface area contributed by atoms with Crippen LogP contribution in [-0.4, -0.2) is 43.7 Å². The van der Waals surface area contributed by atoms with Crippen LogP contribution in [0, 0.1) is 11.8 Å². The third-order valence-corrected chi connectivity index (χ3v) is 4.22. The minimum atomic E-state index is -0.0802. The van der Waals surface area contributed by atoms with Crippen molar-refractivity contribution < 1.29 is 18.9 Å². The van der Waals surface area contributed by atoms with Crippen LogP contribution in [0.25, 0.3) is 0 Å². The van der Waals surface area contributed by atoms with Crippen LogP contribution >= 0.6 is 0 Å².